The van der Waals surface area contributed by atoms with Crippen LogP contribution in [0.15, 0.2) is 0 Å². The molecule has 4 atom stereocenters. The van der Waals surface area contributed by atoms with Crippen LogP contribution in [0.3, 0.4) is 0 Å². The summed E-state index contributed by atoms with van der Waals surface area (Å²) in [6, 6.07) is 0. The highest BCUT2D eigenvalue weighted by atomic mass is 16.6. The van der Waals surface area contributed by atoms with Gasteiger partial charge in [0.2, 0.25) is 0 Å². The van der Waals surface area contributed by atoms with Crippen LogP contribution < -0.4 is 0 Å². The Bertz CT molecular complexity index is 196. The average molecular weight is 154 g/mol. The van der Waals surface area contributed by atoms with Gasteiger partial charge in [0, 0.05) is 0 Å². The first-order valence-corrected chi connectivity index (χ1v) is 3.70. The maximum Gasteiger partial charge on any atom is 0.113 e. The Morgan fingerprint density at radius 2 is 2.00 bits per heavy atom. The topological polar surface area (TPSA) is 38.7 Å². The van der Waals surface area contributed by atoms with E-state index in [9.17, 15) is 5.11 Å². The summed E-state index contributed by atoms with van der Waals surface area (Å²) in [5.41, 5.74) is 0. The van der Waals surface area contributed by atoms with E-state index in [1.54, 1.807) is 0 Å². The molecule has 0 aromatic heterocycles. The van der Waals surface area contributed by atoms with E-state index < -0.39 is 6.10 Å². The molecule has 0 aromatic rings. The molecule has 0 bridgehead atoms. The van der Waals surface area contributed by atoms with Crippen LogP contribution in [0.2, 0.25) is 0 Å². The molecule has 0 radical (unpaired) electrons. The van der Waals surface area contributed by atoms with Gasteiger partial charge in [0.1, 0.15) is 18.3 Å². The van der Waals surface area contributed by atoms with E-state index in [4.69, 9.17) is 15.9 Å². The summed E-state index contributed by atoms with van der Waals surface area (Å²) in [5.74, 6) is 2.62. The molecule has 2 saturated heterocycles. The molecule has 60 valence electrons. The van der Waals surface area contributed by atoms with Crippen molar-refractivity contribution in [2.24, 2.45) is 5.92 Å². The molecule has 2 aliphatic rings. The van der Waals surface area contributed by atoms with Crippen LogP contribution in [0.4, 0.5) is 0 Å². The highest BCUT2D eigenvalue weighted by Crippen LogP contribution is 2.30. The van der Waals surface area contributed by atoms with Crippen LogP contribution in [-0.4, -0.2) is 36.6 Å². The predicted molar refractivity (Wildman–Crippen MR) is 37.8 cm³/mol. The van der Waals surface area contributed by atoms with Gasteiger partial charge in [-0.25, -0.2) is 0 Å². The molecule has 4 unspecified atom stereocenters. The summed E-state index contributed by atoms with van der Waals surface area (Å²) < 4.78 is 10.6. The largest absolute Gasteiger partial charge is 0.388 e. The molecule has 11 heavy (non-hydrogen) atoms. The number of hydrogen-bond donors (Lipinski definition) is 1. The quantitative estimate of drug-likeness (QED) is 0.473. The molecule has 2 rings (SSSR count). The Kier molecular flexibility index (Phi) is 1.61. The van der Waals surface area contributed by atoms with Gasteiger partial charge in [-0.3, -0.25) is 0 Å². The van der Waals surface area contributed by atoms with E-state index >= 15 is 0 Å². The molecule has 2 heterocycles. The van der Waals surface area contributed by atoms with Crippen molar-refractivity contribution in [1.29, 1.82) is 0 Å². The van der Waals surface area contributed by atoms with Crippen molar-refractivity contribution in [2.45, 2.75) is 18.3 Å². The second-order valence-electron chi connectivity index (χ2n) is 2.94. The van der Waals surface area contributed by atoms with Crippen molar-refractivity contribution in [3.8, 4) is 12.3 Å². The Hall–Kier alpha value is -0.560. The molecule has 2 aliphatic heterocycles. The first-order chi connectivity index (χ1) is 5.33. The van der Waals surface area contributed by atoms with Gasteiger partial charge < -0.3 is 14.6 Å². The summed E-state index contributed by atoms with van der Waals surface area (Å²) in [5, 5.41) is 9.29. The lowest BCUT2D eigenvalue weighted by Gasteiger charge is -2.09. The van der Waals surface area contributed by atoms with Crippen molar-refractivity contribution >= 4 is 0 Å². The first-order valence-electron chi connectivity index (χ1n) is 3.70. The van der Waals surface area contributed by atoms with Crippen molar-refractivity contribution in [3.05, 3.63) is 0 Å². The van der Waals surface area contributed by atoms with Crippen LogP contribution in [-0.2, 0) is 9.47 Å². The average Bonchev–Trinajstić information content (AvgIpc) is 2.53. The molecule has 1 N–H and O–H groups in total. The SMILES string of the molecule is C#CC1COC2C(O)COC12. The lowest BCUT2D eigenvalue weighted by Crippen LogP contribution is -2.28. The third-order valence-corrected chi connectivity index (χ3v) is 2.24. The zero-order valence-electron chi connectivity index (χ0n) is 6.06. The van der Waals surface area contributed by atoms with Crippen LogP contribution >= 0.6 is 0 Å². The monoisotopic (exact) mass is 154 g/mol. The summed E-state index contributed by atoms with van der Waals surface area (Å²) >= 11 is 0. The highest BCUT2D eigenvalue weighted by Gasteiger charge is 2.46. The van der Waals surface area contributed by atoms with E-state index in [1.165, 1.54) is 0 Å². The molecule has 3 heteroatoms. The lowest BCUT2D eigenvalue weighted by molar-refractivity contribution is 0.0179. The number of rotatable bonds is 0. The van der Waals surface area contributed by atoms with Gasteiger partial charge in [0.25, 0.3) is 0 Å². The van der Waals surface area contributed by atoms with Gasteiger partial charge in [-0.15, -0.1) is 6.42 Å². The number of aliphatic hydroxyl groups excluding tert-OH is 1. The predicted octanol–water partition coefficient (Wildman–Crippen LogP) is -0.606. The summed E-state index contributed by atoms with van der Waals surface area (Å²) in [4.78, 5) is 0. The second-order valence-corrected chi connectivity index (χ2v) is 2.94. The number of terminal acetylenes is 1. The van der Waals surface area contributed by atoms with Gasteiger partial charge in [-0.2, -0.15) is 0 Å². The minimum atomic E-state index is -0.488. The minimum Gasteiger partial charge on any atom is -0.388 e. The van der Waals surface area contributed by atoms with Crippen LogP contribution in [0, 0.1) is 18.3 Å². The van der Waals surface area contributed by atoms with E-state index in [-0.39, 0.29) is 18.1 Å². The molecule has 0 amide bonds. The summed E-state index contributed by atoms with van der Waals surface area (Å²) in [6.45, 7) is 0.871. The molecule has 2 fully saturated rings. The fraction of sp³-hybridized carbons (Fsp3) is 0.750. The molecule has 0 saturated carbocycles. The van der Waals surface area contributed by atoms with E-state index in [1.807, 2.05) is 0 Å². The smallest absolute Gasteiger partial charge is 0.113 e. The Morgan fingerprint density at radius 1 is 1.27 bits per heavy atom. The first kappa shape index (κ1) is 7.11. The molecule has 0 aliphatic carbocycles. The molecular weight excluding hydrogens is 144 g/mol. The minimum absolute atomic E-state index is 0.0251. The standard InChI is InChI=1S/C8H10O3/c1-2-5-3-10-8-6(9)4-11-7(5)8/h1,5-9H,3-4H2. The van der Waals surface area contributed by atoms with E-state index in [0.717, 1.165) is 0 Å². The van der Waals surface area contributed by atoms with Gasteiger partial charge in [0.15, 0.2) is 0 Å². The third-order valence-electron chi connectivity index (χ3n) is 2.24. The highest BCUT2D eigenvalue weighted by molar-refractivity contribution is 5.06. The van der Waals surface area contributed by atoms with Crippen LogP contribution in [0.5, 0.6) is 0 Å². The maximum atomic E-state index is 9.29. The normalized spacial score (nSPS) is 48.7. The molecule has 0 aromatic carbocycles. The molecule has 3 nitrogen and oxygen atoms in total. The lowest BCUT2D eigenvalue weighted by atomic mass is 10.0. The fourth-order valence-corrected chi connectivity index (χ4v) is 1.62. The fourth-order valence-electron chi connectivity index (χ4n) is 1.62. The second kappa shape index (κ2) is 2.49. The van der Waals surface area contributed by atoms with E-state index in [0.29, 0.717) is 13.2 Å². The zero-order valence-corrected chi connectivity index (χ0v) is 6.06. The zero-order chi connectivity index (χ0) is 7.84. The summed E-state index contributed by atoms with van der Waals surface area (Å²) in [6.07, 6.45) is 4.50. The Morgan fingerprint density at radius 3 is 2.73 bits per heavy atom. The number of aliphatic hydroxyl groups is 1. The third kappa shape index (κ3) is 0.951. The van der Waals surface area contributed by atoms with Crippen LogP contribution in [0.25, 0.3) is 0 Å². The number of ether oxygens (including phenoxy) is 2. The van der Waals surface area contributed by atoms with Crippen molar-refractivity contribution in [3.63, 3.8) is 0 Å². The summed E-state index contributed by atoms with van der Waals surface area (Å²) in [7, 11) is 0. The van der Waals surface area contributed by atoms with E-state index in [2.05, 4.69) is 5.92 Å². The van der Waals surface area contributed by atoms with Crippen molar-refractivity contribution < 1.29 is 14.6 Å². The molecule has 0 spiro atoms. The van der Waals surface area contributed by atoms with Gasteiger partial charge >= 0.3 is 0 Å². The van der Waals surface area contributed by atoms with Gasteiger partial charge in [-0.05, 0) is 0 Å². The van der Waals surface area contributed by atoms with Gasteiger partial charge in [-0.1, -0.05) is 5.92 Å². The van der Waals surface area contributed by atoms with Crippen molar-refractivity contribution in [2.75, 3.05) is 13.2 Å². The molecular formula is C8H10O3. The van der Waals surface area contributed by atoms with Crippen molar-refractivity contribution in [1.82, 2.24) is 0 Å². The Balaban J connectivity index is 2.11. The van der Waals surface area contributed by atoms with Crippen LogP contribution in [0.1, 0.15) is 0 Å². The van der Waals surface area contributed by atoms with Gasteiger partial charge in [0.05, 0.1) is 19.1 Å². The number of hydrogen-bond acceptors (Lipinski definition) is 3. The number of fused-ring (bicyclic) bond motifs is 1. The Labute approximate surface area is 65.3 Å². The maximum absolute atomic E-state index is 9.29.